The summed E-state index contributed by atoms with van der Waals surface area (Å²) in [6, 6.07) is 5.79. The fourth-order valence-electron chi connectivity index (χ4n) is 3.32. The highest BCUT2D eigenvalue weighted by atomic mass is 32.2. The van der Waals surface area contributed by atoms with Crippen LogP contribution >= 0.6 is 0 Å². The van der Waals surface area contributed by atoms with Gasteiger partial charge in [0.05, 0.1) is 42.9 Å². The van der Waals surface area contributed by atoms with Crippen LogP contribution in [0.15, 0.2) is 36.5 Å². The molecule has 0 fully saturated rings. The summed E-state index contributed by atoms with van der Waals surface area (Å²) in [5.74, 6) is -2.17. The molecule has 2 aromatic carbocycles. The molecule has 1 aromatic heterocycles. The van der Waals surface area contributed by atoms with Gasteiger partial charge in [0.15, 0.2) is 0 Å². The zero-order chi connectivity index (χ0) is 29.7. The smallest absolute Gasteiger partial charge is 0.421 e. The summed E-state index contributed by atoms with van der Waals surface area (Å²) in [6.45, 7) is 0.116. The lowest BCUT2D eigenvalue weighted by Gasteiger charge is -2.17. The van der Waals surface area contributed by atoms with Gasteiger partial charge in [0, 0.05) is 30.7 Å². The van der Waals surface area contributed by atoms with Crippen LogP contribution in [0.2, 0.25) is 0 Å². The minimum Gasteiger partial charge on any atom is -0.494 e. The molecule has 0 atom stereocenters. The second-order valence-corrected chi connectivity index (χ2v) is 10.4. The Balaban J connectivity index is 1.91. The molecule has 0 aliphatic rings. The van der Waals surface area contributed by atoms with Crippen molar-refractivity contribution in [1.29, 1.82) is 0 Å². The van der Waals surface area contributed by atoms with Crippen molar-refractivity contribution in [3.05, 3.63) is 58.0 Å². The van der Waals surface area contributed by atoms with Crippen LogP contribution in [0.4, 0.5) is 46.4 Å². The summed E-state index contributed by atoms with van der Waals surface area (Å²) in [4.78, 5) is 17.7. The van der Waals surface area contributed by atoms with Crippen molar-refractivity contribution in [2.24, 2.45) is 0 Å². The van der Waals surface area contributed by atoms with Gasteiger partial charge in [0.2, 0.25) is 11.8 Å². The van der Waals surface area contributed by atoms with Gasteiger partial charge >= 0.3 is 11.9 Å². The van der Waals surface area contributed by atoms with Crippen molar-refractivity contribution in [3.63, 3.8) is 0 Å². The lowest BCUT2D eigenvalue weighted by Crippen LogP contribution is -2.13. The van der Waals surface area contributed by atoms with E-state index in [-0.39, 0.29) is 47.6 Å². The number of aromatic nitrogens is 2. The highest BCUT2D eigenvalue weighted by molar-refractivity contribution is 7.90. The van der Waals surface area contributed by atoms with E-state index >= 15 is 0 Å². The lowest BCUT2D eigenvalue weighted by molar-refractivity contribution is -0.387. The number of rotatable bonds is 12. The molecule has 0 aliphatic heterocycles. The maximum atomic E-state index is 14.0. The molecule has 40 heavy (non-hydrogen) atoms. The van der Waals surface area contributed by atoms with Crippen molar-refractivity contribution in [3.8, 4) is 17.2 Å². The molecule has 0 radical (unpaired) electrons. The lowest BCUT2D eigenvalue weighted by atomic mass is 10.2. The minimum absolute atomic E-state index is 0.0530. The Labute approximate surface area is 225 Å². The SMILES string of the molecule is COc1cc(OCCCS(C)(=O)=O)ccc1Nc1ncc(C(F)(F)F)c(Nc2cc([N+](=O)[O-])c(F)cc2OC)n1. The Hall–Kier alpha value is -4.41. The van der Waals surface area contributed by atoms with Gasteiger partial charge in [-0.25, -0.2) is 13.4 Å². The Morgan fingerprint density at radius 1 is 1.05 bits per heavy atom. The van der Waals surface area contributed by atoms with Gasteiger partial charge in [-0.05, 0) is 18.6 Å². The number of anilines is 4. The van der Waals surface area contributed by atoms with Crippen LogP contribution in [0.3, 0.4) is 0 Å². The predicted molar refractivity (Wildman–Crippen MR) is 136 cm³/mol. The molecular formula is C23H23F4N5O7S. The van der Waals surface area contributed by atoms with Crippen molar-refractivity contribution in [1.82, 2.24) is 9.97 Å². The van der Waals surface area contributed by atoms with E-state index in [1.165, 1.54) is 25.3 Å². The largest absolute Gasteiger partial charge is 0.494 e. The second kappa shape index (κ2) is 12.2. The molecule has 0 spiro atoms. The number of hydrogen-bond acceptors (Lipinski definition) is 11. The first-order valence-electron chi connectivity index (χ1n) is 11.2. The third-order valence-corrected chi connectivity index (χ3v) is 6.19. The number of hydrogen-bond donors (Lipinski definition) is 2. The van der Waals surface area contributed by atoms with Crippen molar-refractivity contribution < 1.29 is 45.1 Å². The van der Waals surface area contributed by atoms with Gasteiger partial charge in [0.25, 0.3) is 0 Å². The normalized spacial score (nSPS) is 11.6. The molecule has 0 amide bonds. The number of nitro groups is 1. The second-order valence-electron chi connectivity index (χ2n) is 8.16. The minimum atomic E-state index is -4.92. The monoisotopic (exact) mass is 589 g/mol. The van der Waals surface area contributed by atoms with Crippen LogP contribution in [0.25, 0.3) is 0 Å². The number of nitro benzene ring substituents is 1. The van der Waals surface area contributed by atoms with E-state index in [4.69, 9.17) is 14.2 Å². The van der Waals surface area contributed by atoms with Crippen LogP contribution < -0.4 is 24.8 Å². The van der Waals surface area contributed by atoms with Crippen LogP contribution in [-0.2, 0) is 16.0 Å². The molecule has 0 saturated carbocycles. The van der Waals surface area contributed by atoms with E-state index in [9.17, 15) is 36.1 Å². The quantitative estimate of drug-likeness (QED) is 0.129. The number of methoxy groups -OCH3 is 2. The van der Waals surface area contributed by atoms with Gasteiger partial charge in [-0.15, -0.1) is 0 Å². The molecule has 17 heteroatoms. The molecule has 2 N–H and O–H groups in total. The van der Waals surface area contributed by atoms with Gasteiger partial charge in [-0.3, -0.25) is 10.1 Å². The number of benzene rings is 2. The molecule has 0 bridgehead atoms. The predicted octanol–water partition coefficient (Wildman–Crippen LogP) is 4.86. The van der Waals surface area contributed by atoms with Gasteiger partial charge in [-0.1, -0.05) is 0 Å². The number of ether oxygens (including phenoxy) is 3. The zero-order valence-electron chi connectivity index (χ0n) is 21.2. The summed E-state index contributed by atoms with van der Waals surface area (Å²) in [5.41, 5.74) is -2.41. The van der Waals surface area contributed by atoms with Gasteiger partial charge < -0.3 is 24.8 Å². The van der Waals surface area contributed by atoms with Crippen molar-refractivity contribution in [2.45, 2.75) is 12.6 Å². The maximum absolute atomic E-state index is 14.0. The van der Waals surface area contributed by atoms with Gasteiger partial charge in [-0.2, -0.15) is 22.5 Å². The Kier molecular flexibility index (Phi) is 9.18. The highest BCUT2D eigenvalue weighted by Crippen LogP contribution is 2.39. The molecule has 12 nitrogen and oxygen atoms in total. The van der Waals surface area contributed by atoms with E-state index in [1.807, 2.05) is 0 Å². The number of sulfone groups is 1. The fraction of sp³-hybridized carbons (Fsp3) is 0.304. The standard InChI is InChI=1S/C23H23F4N5O7S/c1-37-19-9-13(39-7-4-8-40(3,35)36)5-6-16(19)30-22-28-12-14(23(25,26)27)21(31-22)29-17-11-18(32(33)34)15(24)10-20(17)38-2/h5-6,9-12H,4,7-8H2,1-3H3,(H2,28,29,30,31). The summed E-state index contributed by atoms with van der Waals surface area (Å²) in [5, 5.41) is 16.2. The van der Waals surface area contributed by atoms with Crippen molar-refractivity contribution >= 4 is 38.7 Å². The maximum Gasteiger partial charge on any atom is 0.421 e. The van der Waals surface area contributed by atoms with E-state index in [2.05, 4.69) is 20.6 Å². The number of alkyl halides is 3. The van der Waals surface area contributed by atoms with Crippen LogP contribution in [0, 0.1) is 15.9 Å². The Morgan fingerprint density at radius 3 is 2.33 bits per heavy atom. The fourth-order valence-corrected chi connectivity index (χ4v) is 3.96. The molecule has 0 aliphatic carbocycles. The molecular weight excluding hydrogens is 566 g/mol. The van der Waals surface area contributed by atoms with Crippen LogP contribution in [-0.4, -0.2) is 56.1 Å². The Bertz CT molecular complexity index is 1500. The molecule has 0 saturated heterocycles. The molecule has 3 rings (SSSR count). The molecule has 3 aromatic rings. The van der Waals surface area contributed by atoms with E-state index in [0.29, 0.717) is 24.1 Å². The third kappa shape index (κ3) is 7.81. The van der Waals surface area contributed by atoms with Crippen LogP contribution in [0.1, 0.15) is 12.0 Å². The third-order valence-electron chi connectivity index (χ3n) is 5.16. The molecule has 0 unspecified atom stereocenters. The first kappa shape index (κ1) is 30.1. The average molecular weight is 590 g/mol. The van der Waals surface area contributed by atoms with E-state index in [1.54, 1.807) is 0 Å². The van der Waals surface area contributed by atoms with E-state index in [0.717, 1.165) is 13.4 Å². The Morgan fingerprint density at radius 2 is 1.73 bits per heavy atom. The summed E-state index contributed by atoms with van der Waals surface area (Å²) < 4.78 is 93.4. The highest BCUT2D eigenvalue weighted by Gasteiger charge is 2.36. The first-order valence-corrected chi connectivity index (χ1v) is 13.3. The van der Waals surface area contributed by atoms with Crippen LogP contribution in [0.5, 0.6) is 17.2 Å². The molecule has 1 heterocycles. The summed E-state index contributed by atoms with van der Waals surface area (Å²) in [6.07, 6.45) is -3.05. The zero-order valence-corrected chi connectivity index (χ0v) is 22.0. The first-order chi connectivity index (χ1) is 18.7. The number of nitrogens with zero attached hydrogens (tertiary/aromatic N) is 3. The van der Waals surface area contributed by atoms with E-state index < -0.39 is 43.8 Å². The average Bonchev–Trinajstić information content (AvgIpc) is 2.86. The number of halogens is 4. The molecule has 216 valence electrons. The van der Waals surface area contributed by atoms with Crippen molar-refractivity contribution in [2.75, 3.05) is 43.5 Å². The number of nitrogens with one attached hydrogen (secondary N) is 2. The summed E-state index contributed by atoms with van der Waals surface area (Å²) in [7, 11) is -0.697. The van der Waals surface area contributed by atoms with Gasteiger partial charge in [0.1, 0.15) is 38.5 Å². The topological polar surface area (TPSA) is 155 Å². The summed E-state index contributed by atoms with van der Waals surface area (Å²) >= 11 is 0.